The average molecular weight is 299 g/mol. The van der Waals surface area contributed by atoms with Gasteiger partial charge >= 0.3 is 0 Å². The van der Waals surface area contributed by atoms with Gasteiger partial charge in [-0.15, -0.1) is 0 Å². The molecule has 2 aromatic rings. The first-order valence-electron chi connectivity index (χ1n) is 4.83. The van der Waals surface area contributed by atoms with E-state index in [1.54, 1.807) is 12.1 Å². The molecule has 0 aliphatic carbocycles. The zero-order valence-electron chi connectivity index (χ0n) is 8.68. The van der Waals surface area contributed by atoms with Crippen molar-refractivity contribution in [3.63, 3.8) is 0 Å². The van der Waals surface area contributed by atoms with E-state index < -0.39 is 11.6 Å². The van der Waals surface area contributed by atoms with Crippen LogP contribution in [0.5, 0.6) is 0 Å². The molecular formula is C12H9BrF2N2. The van der Waals surface area contributed by atoms with E-state index in [4.69, 9.17) is 5.73 Å². The summed E-state index contributed by atoms with van der Waals surface area (Å²) < 4.78 is 27.3. The number of rotatable bonds is 2. The molecule has 0 heterocycles. The van der Waals surface area contributed by atoms with Crippen molar-refractivity contribution >= 4 is 33.0 Å². The van der Waals surface area contributed by atoms with Crippen molar-refractivity contribution in [1.82, 2.24) is 0 Å². The average Bonchev–Trinajstić information content (AvgIpc) is 2.22. The van der Waals surface area contributed by atoms with E-state index in [1.807, 2.05) is 0 Å². The summed E-state index contributed by atoms with van der Waals surface area (Å²) in [4.78, 5) is 0. The molecule has 0 spiro atoms. The Hall–Kier alpha value is -1.62. The number of nitrogen functional groups attached to an aromatic ring is 1. The fourth-order valence-electron chi connectivity index (χ4n) is 1.43. The summed E-state index contributed by atoms with van der Waals surface area (Å²) in [5.41, 5.74) is 6.43. The number of hydrogen-bond donors (Lipinski definition) is 2. The van der Waals surface area contributed by atoms with Crippen LogP contribution in [0.15, 0.2) is 40.9 Å². The third-order valence-electron chi connectivity index (χ3n) is 2.13. The van der Waals surface area contributed by atoms with Gasteiger partial charge in [-0.25, -0.2) is 8.78 Å². The molecule has 0 saturated carbocycles. The van der Waals surface area contributed by atoms with Crippen molar-refractivity contribution in [2.45, 2.75) is 0 Å². The van der Waals surface area contributed by atoms with Crippen molar-refractivity contribution in [2.75, 3.05) is 11.1 Å². The van der Waals surface area contributed by atoms with Gasteiger partial charge in [-0.05, 0) is 36.4 Å². The molecule has 2 rings (SSSR count). The van der Waals surface area contributed by atoms with Crippen molar-refractivity contribution < 1.29 is 8.78 Å². The number of benzene rings is 2. The van der Waals surface area contributed by atoms with Crippen LogP contribution in [-0.2, 0) is 0 Å². The van der Waals surface area contributed by atoms with Crippen LogP contribution in [0.4, 0.5) is 25.8 Å². The summed E-state index contributed by atoms with van der Waals surface area (Å²) in [5.74, 6) is -0.890. The molecule has 5 heteroatoms. The van der Waals surface area contributed by atoms with Gasteiger partial charge in [0.15, 0.2) is 0 Å². The summed E-state index contributed by atoms with van der Waals surface area (Å²) in [6, 6.07) is 8.44. The highest BCUT2D eigenvalue weighted by Crippen LogP contribution is 2.25. The van der Waals surface area contributed by atoms with E-state index in [2.05, 4.69) is 21.2 Å². The molecule has 2 aromatic carbocycles. The molecule has 0 unspecified atom stereocenters. The van der Waals surface area contributed by atoms with Crippen LogP contribution in [-0.4, -0.2) is 0 Å². The molecule has 0 atom stereocenters. The van der Waals surface area contributed by atoms with Gasteiger partial charge in [0, 0.05) is 15.8 Å². The number of nitrogens with one attached hydrogen (secondary N) is 1. The van der Waals surface area contributed by atoms with E-state index in [0.717, 1.165) is 4.47 Å². The fraction of sp³-hybridized carbons (Fsp3) is 0. The van der Waals surface area contributed by atoms with E-state index in [9.17, 15) is 8.78 Å². The first-order valence-corrected chi connectivity index (χ1v) is 5.62. The zero-order chi connectivity index (χ0) is 12.4. The third kappa shape index (κ3) is 2.94. The SMILES string of the molecule is Nc1cc(F)cc(Nc2cc(Br)ccc2F)c1. The van der Waals surface area contributed by atoms with Crippen LogP contribution < -0.4 is 11.1 Å². The van der Waals surface area contributed by atoms with Gasteiger partial charge in [0.1, 0.15) is 11.6 Å². The van der Waals surface area contributed by atoms with E-state index in [1.165, 1.54) is 24.3 Å². The second-order valence-electron chi connectivity index (χ2n) is 3.52. The van der Waals surface area contributed by atoms with E-state index in [0.29, 0.717) is 5.69 Å². The van der Waals surface area contributed by atoms with E-state index in [-0.39, 0.29) is 11.4 Å². The molecule has 0 bridgehead atoms. The lowest BCUT2D eigenvalue weighted by Crippen LogP contribution is -1.96. The number of halogens is 3. The second-order valence-corrected chi connectivity index (χ2v) is 4.44. The van der Waals surface area contributed by atoms with Crippen molar-refractivity contribution in [1.29, 1.82) is 0 Å². The molecule has 0 aromatic heterocycles. The van der Waals surface area contributed by atoms with Gasteiger partial charge in [-0.3, -0.25) is 0 Å². The smallest absolute Gasteiger partial charge is 0.146 e. The molecule has 0 saturated heterocycles. The number of nitrogens with two attached hydrogens (primary N) is 1. The zero-order valence-corrected chi connectivity index (χ0v) is 10.3. The monoisotopic (exact) mass is 298 g/mol. The summed E-state index contributed by atoms with van der Waals surface area (Å²) >= 11 is 3.23. The van der Waals surface area contributed by atoms with Crippen LogP contribution in [0.1, 0.15) is 0 Å². The Labute approximate surface area is 106 Å². The molecule has 0 aliphatic heterocycles. The van der Waals surface area contributed by atoms with Crippen LogP contribution >= 0.6 is 15.9 Å². The maximum Gasteiger partial charge on any atom is 0.146 e. The topological polar surface area (TPSA) is 38.0 Å². The molecule has 3 N–H and O–H groups in total. The molecule has 17 heavy (non-hydrogen) atoms. The predicted octanol–water partition coefficient (Wildman–Crippen LogP) is 4.05. The van der Waals surface area contributed by atoms with Crippen LogP contribution in [0.2, 0.25) is 0 Å². The Bertz CT molecular complexity index is 538. The molecular weight excluding hydrogens is 290 g/mol. The number of hydrogen-bond acceptors (Lipinski definition) is 2. The maximum atomic E-state index is 13.4. The maximum absolute atomic E-state index is 13.4. The lowest BCUT2D eigenvalue weighted by atomic mass is 10.2. The Morgan fingerprint density at radius 2 is 1.82 bits per heavy atom. The highest BCUT2D eigenvalue weighted by atomic mass is 79.9. The quantitative estimate of drug-likeness (QED) is 0.821. The summed E-state index contributed by atoms with van der Waals surface area (Å²) in [5, 5.41) is 2.77. The lowest BCUT2D eigenvalue weighted by molar-refractivity contribution is 0.627. The van der Waals surface area contributed by atoms with Gasteiger partial charge in [-0.1, -0.05) is 15.9 Å². The minimum atomic E-state index is -0.470. The van der Waals surface area contributed by atoms with Gasteiger partial charge < -0.3 is 11.1 Å². The summed E-state index contributed by atoms with van der Waals surface area (Å²) in [6.45, 7) is 0. The van der Waals surface area contributed by atoms with Crippen LogP contribution in [0, 0.1) is 11.6 Å². The van der Waals surface area contributed by atoms with Crippen molar-refractivity contribution in [2.24, 2.45) is 0 Å². The van der Waals surface area contributed by atoms with Gasteiger partial charge in [0.25, 0.3) is 0 Å². The fourth-order valence-corrected chi connectivity index (χ4v) is 1.79. The largest absolute Gasteiger partial charge is 0.399 e. The van der Waals surface area contributed by atoms with Crippen LogP contribution in [0.3, 0.4) is 0 Å². The highest BCUT2D eigenvalue weighted by Gasteiger charge is 2.04. The third-order valence-corrected chi connectivity index (χ3v) is 2.62. The normalized spacial score (nSPS) is 10.3. The Kier molecular flexibility index (Phi) is 3.28. The van der Waals surface area contributed by atoms with E-state index >= 15 is 0 Å². The molecule has 0 fully saturated rings. The Balaban J connectivity index is 2.34. The molecule has 0 aliphatic rings. The standard InChI is InChI=1S/C12H9BrF2N2/c13-7-1-2-11(15)12(3-7)17-10-5-8(14)4-9(16)6-10/h1-6,17H,16H2. The second kappa shape index (κ2) is 4.71. The van der Waals surface area contributed by atoms with Gasteiger partial charge in [0.2, 0.25) is 0 Å². The summed E-state index contributed by atoms with van der Waals surface area (Å²) in [7, 11) is 0. The molecule has 88 valence electrons. The highest BCUT2D eigenvalue weighted by molar-refractivity contribution is 9.10. The van der Waals surface area contributed by atoms with Crippen LogP contribution in [0.25, 0.3) is 0 Å². The first-order chi connectivity index (χ1) is 8.04. The minimum Gasteiger partial charge on any atom is -0.399 e. The lowest BCUT2D eigenvalue weighted by Gasteiger charge is -2.09. The van der Waals surface area contributed by atoms with Gasteiger partial charge in [-0.2, -0.15) is 0 Å². The molecule has 2 nitrogen and oxygen atoms in total. The summed E-state index contributed by atoms with van der Waals surface area (Å²) in [6.07, 6.45) is 0. The van der Waals surface area contributed by atoms with Crippen molar-refractivity contribution in [3.8, 4) is 0 Å². The minimum absolute atomic E-state index is 0.254. The molecule has 0 radical (unpaired) electrons. The van der Waals surface area contributed by atoms with Gasteiger partial charge in [0.05, 0.1) is 5.69 Å². The molecule has 0 amide bonds. The van der Waals surface area contributed by atoms with Crippen molar-refractivity contribution in [3.05, 3.63) is 52.5 Å². The first kappa shape index (κ1) is 11.9. The number of anilines is 3. The Morgan fingerprint density at radius 1 is 1.06 bits per heavy atom. The predicted molar refractivity (Wildman–Crippen MR) is 68.2 cm³/mol. The Morgan fingerprint density at radius 3 is 2.53 bits per heavy atom.